The lowest BCUT2D eigenvalue weighted by Crippen LogP contribution is -2.17. The number of carbonyl (C=O) groups excluding carboxylic acids is 1. The van der Waals surface area contributed by atoms with Gasteiger partial charge in [-0.25, -0.2) is 0 Å². The molecule has 0 saturated carbocycles. The summed E-state index contributed by atoms with van der Waals surface area (Å²) < 4.78 is 7.94. The summed E-state index contributed by atoms with van der Waals surface area (Å²) in [7, 11) is 1.62. The predicted octanol–water partition coefficient (Wildman–Crippen LogP) is 4.92. The fourth-order valence-corrected chi connectivity index (χ4v) is 5.22. The molecule has 4 aromatic rings. The largest absolute Gasteiger partial charge is 0.493 e. The van der Waals surface area contributed by atoms with Crippen molar-refractivity contribution in [2.75, 3.05) is 13.7 Å². The van der Waals surface area contributed by atoms with E-state index in [-0.39, 0.29) is 5.91 Å². The van der Waals surface area contributed by atoms with Crippen molar-refractivity contribution in [1.29, 1.82) is 0 Å². The van der Waals surface area contributed by atoms with E-state index in [1.54, 1.807) is 24.5 Å². The number of hydrogen-bond acceptors (Lipinski definition) is 5. The average molecular weight is 451 g/mol. The summed E-state index contributed by atoms with van der Waals surface area (Å²) in [5.74, 6) is 2.11. The Balaban J connectivity index is 1.63. The molecule has 0 unspecified atom stereocenters. The number of nitrogens with zero attached hydrogens (tertiary/aromatic N) is 3. The molecule has 0 radical (unpaired) electrons. The van der Waals surface area contributed by atoms with Crippen LogP contribution in [-0.2, 0) is 6.42 Å². The molecule has 0 fully saturated rings. The third-order valence-electron chi connectivity index (χ3n) is 5.29. The van der Waals surface area contributed by atoms with Gasteiger partial charge in [-0.3, -0.25) is 9.36 Å². The minimum atomic E-state index is -0.133. The van der Waals surface area contributed by atoms with Gasteiger partial charge < -0.3 is 10.1 Å². The van der Waals surface area contributed by atoms with E-state index in [0.29, 0.717) is 17.2 Å². The van der Waals surface area contributed by atoms with Crippen LogP contribution >= 0.6 is 22.9 Å². The third kappa shape index (κ3) is 3.40. The minimum Gasteiger partial charge on any atom is -0.493 e. The van der Waals surface area contributed by atoms with Crippen molar-refractivity contribution in [2.45, 2.75) is 13.3 Å². The summed E-state index contributed by atoms with van der Waals surface area (Å²) in [5, 5.41) is 12.1. The first-order valence-corrected chi connectivity index (χ1v) is 11.1. The minimum absolute atomic E-state index is 0.133. The molecule has 156 valence electrons. The first kappa shape index (κ1) is 19.8. The second-order valence-electron chi connectivity index (χ2n) is 7.21. The molecule has 1 amide bonds. The van der Waals surface area contributed by atoms with Gasteiger partial charge in [-0.1, -0.05) is 23.7 Å². The van der Waals surface area contributed by atoms with Crippen LogP contribution in [0.15, 0.2) is 48.5 Å². The van der Waals surface area contributed by atoms with Crippen LogP contribution in [0.1, 0.15) is 21.7 Å². The molecular formula is C23H19ClN4O2S. The molecule has 0 saturated heterocycles. The normalized spacial score (nSPS) is 12.5. The second-order valence-corrected chi connectivity index (χ2v) is 8.67. The van der Waals surface area contributed by atoms with Crippen LogP contribution in [0.3, 0.4) is 0 Å². The fourth-order valence-electron chi connectivity index (χ4n) is 3.78. The SMILES string of the molecule is CNC(=O)c1ccc2c(c1)OCCc1cc(-c3nnc(C)n3-c3ccccc3Cl)sc1-2. The highest BCUT2D eigenvalue weighted by molar-refractivity contribution is 7.19. The number of para-hydroxylation sites is 1. The van der Waals surface area contributed by atoms with Crippen LogP contribution in [0, 0.1) is 6.92 Å². The molecule has 3 heterocycles. The van der Waals surface area contributed by atoms with Crippen LogP contribution < -0.4 is 10.1 Å². The number of thiophene rings is 1. The monoisotopic (exact) mass is 450 g/mol. The molecule has 2 aromatic carbocycles. The van der Waals surface area contributed by atoms with Crippen LogP contribution in [0.2, 0.25) is 5.02 Å². The Morgan fingerprint density at radius 1 is 1.19 bits per heavy atom. The van der Waals surface area contributed by atoms with Gasteiger partial charge in [0.2, 0.25) is 0 Å². The number of rotatable bonds is 3. The van der Waals surface area contributed by atoms with Crippen LogP contribution in [0.5, 0.6) is 5.75 Å². The van der Waals surface area contributed by atoms with E-state index in [4.69, 9.17) is 16.3 Å². The maximum Gasteiger partial charge on any atom is 0.251 e. The van der Waals surface area contributed by atoms with Gasteiger partial charge in [0.25, 0.3) is 5.91 Å². The summed E-state index contributed by atoms with van der Waals surface area (Å²) in [6, 6.07) is 15.4. The third-order valence-corrected chi connectivity index (χ3v) is 6.82. The number of carbonyl (C=O) groups is 1. The zero-order chi connectivity index (χ0) is 21.5. The van der Waals surface area contributed by atoms with Gasteiger partial charge in [-0.05, 0) is 48.9 Å². The molecule has 1 aliphatic rings. The van der Waals surface area contributed by atoms with Crippen LogP contribution in [-0.4, -0.2) is 34.3 Å². The number of amides is 1. The second kappa shape index (κ2) is 7.83. The summed E-state index contributed by atoms with van der Waals surface area (Å²) in [5.41, 5.74) is 3.61. The summed E-state index contributed by atoms with van der Waals surface area (Å²) in [6.07, 6.45) is 0.773. The molecule has 1 aliphatic heterocycles. The Kier molecular flexibility index (Phi) is 5.00. The van der Waals surface area contributed by atoms with E-state index in [1.807, 2.05) is 47.9 Å². The number of aromatic nitrogens is 3. The molecule has 0 atom stereocenters. The number of fused-ring (bicyclic) bond motifs is 3. The van der Waals surface area contributed by atoms with E-state index in [9.17, 15) is 4.79 Å². The van der Waals surface area contributed by atoms with E-state index in [1.165, 1.54) is 5.56 Å². The molecule has 31 heavy (non-hydrogen) atoms. The van der Waals surface area contributed by atoms with Crippen molar-refractivity contribution in [2.24, 2.45) is 0 Å². The van der Waals surface area contributed by atoms with Gasteiger partial charge in [-0.2, -0.15) is 0 Å². The number of ether oxygens (including phenoxy) is 1. The van der Waals surface area contributed by atoms with Gasteiger partial charge >= 0.3 is 0 Å². The fraction of sp³-hybridized carbons (Fsp3) is 0.174. The Morgan fingerprint density at radius 3 is 2.84 bits per heavy atom. The van der Waals surface area contributed by atoms with Gasteiger partial charge in [0.05, 0.1) is 22.2 Å². The van der Waals surface area contributed by atoms with Crippen molar-refractivity contribution in [3.05, 3.63) is 70.5 Å². The van der Waals surface area contributed by atoms with Crippen molar-refractivity contribution in [1.82, 2.24) is 20.1 Å². The van der Waals surface area contributed by atoms with E-state index in [2.05, 4.69) is 21.6 Å². The first-order chi connectivity index (χ1) is 15.1. The Hall–Kier alpha value is -3.16. The highest BCUT2D eigenvalue weighted by Crippen LogP contribution is 2.44. The number of halogens is 1. The summed E-state index contributed by atoms with van der Waals surface area (Å²) in [4.78, 5) is 14.2. The Bertz CT molecular complexity index is 1310. The quantitative estimate of drug-likeness (QED) is 0.481. The van der Waals surface area contributed by atoms with Crippen molar-refractivity contribution in [3.8, 4) is 32.6 Å². The van der Waals surface area contributed by atoms with Gasteiger partial charge in [0.1, 0.15) is 11.6 Å². The van der Waals surface area contributed by atoms with Gasteiger partial charge in [0.15, 0.2) is 5.82 Å². The summed E-state index contributed by atoms with van der Waals surface area (Å²) in [6.45, 7) is 2.46. The molecule has 2 aromatic heterocycles. The zero-order valence-electron chi connectivity index (χ0n) is 17.0. The van der Waals surface area contributed by atoms with Crippen LogP contribution in [0.25, 0.3) is 26.8 Å². The molecule has 0 aliphatic carbocycles. The van der Waals surface area contributed by atoms with Crippen molar-refractivity contribution >= 4 is 28.8 Å². The van der Waals surface area contributed by atoms with Crippen LogP contribution in [0.4, 0.5) is 0 Å². The first-order valence-electron chi connectivity index (χ1n) is 9.86. The smallest absolute Gasteiger partial charge is 0.251 e. The zero-order valence-corrected chi connectivity index (χ0v) is 18.5. The lowest BCUT2D eigenvalue weighted by Gasteiger charge is -2.10. The molecule has 8 heteroatoms. The van der Waals surface area contributed by atoms with E-state index < -0.39 is 0 Å². The number of hydrogen-bond donors (Lipinski definition) is 1. The van der Waals surface area contributed by atoms with Crippen molar-refractivity contribution < 1.29 is 9.53 Å². The van der Waals surface area contributed by atoms with E-state index >= 15 is 0 Å². The number of aryl methyl sites for hydroxylation is 1. The molecular weight excluding hydrogens is 432 g/mol. The number of benzene rings is 2. The number of nitrogens with one attached hydrogen (secondary N) is 1. The summed E-state index contributed by atoms with van der Waals surface area (Å²) >= 11 is 8.11. The lowest BCUT2D eigenvalue weighted by molar-refractivity contribution is 0.0962. The van der Waals surface area contributed by atoms with Crippen molar-refractivity contribution in [3.63, 3.8) is 0 Å². The molecule has 0 spiro atoms. The van der Waals surface area contributed by atoms with E-state index in [0.717, 1.165) is 44.8 Å². The molecule has 5 rings (SSSR count). The van der Waals surface area contributed by atoms with Gasteiger partial charge in [0, 0.05) is 29.5 Å². The standard InChI is InChI=1S/C23H19ClN4O2S/c1-13-26-27-22(28(13)18-6-4-3-5-17(18)24)20-12-14-9-10-30-19-11-15(23(29)25-2)7-8-16(19)21(14)31-20/h3-8,11-12H,9-10H2,1-2H3,(H,25,29). The highest BCUT2D eigenvalue weighted by Gasteiger charge is 2.23. The average Bonchev–Trinajstić information content (AvgIpc) is 3.32. The molecule has 6 nitrogen and oxygen atoms in total. The highest BCUT2D eigenvalue weighted by atomic mass is 35.5. The molecule has 0 bridgehead atoms. The Labute approximate surface area is 188 Å². The maximum absolute atomic E-state index is 12.0. The Morgan fingerprint density at radius 2 is 2.03 bits per heavy atom. The maximum atomic E-state index is 12.0. The lowest BCUT2D eigenvalue weighted by atomic mass is 10.1. The molecule has 1 N–H and O–H groups in total. The topological polar surface area (TPSA) is 69.0 Å². The predicted molar refractivity (Wildman–Crippen MR) is 122 cm³/mol. The van der Waals surface area contributed by atoms with Gasteiger partial charge in [-0.15, -0.1) is 21.5 Å².